The summed E-state index contributed by atoms with van der Waals surface area (Å²) in [5, 5.41) is 18.8. The Labute approximate surface area is 91.0 Å². The highest BCUT2D eigenvalue weighted by Gasteiger charge is 2.20. The average Bonchev–Trinajstić information content (AvgIpc) is 2.68. The van der Waals surface area contributed by atoms with Crippen LogP contribution in [-0.2, 0) is 0 Å². The second-order valence-corrected chi connectivity index (χ2v) is 4.54. The van der Waals surface area contributed by atoms with E-state index < -0.39 is 5.97 Å². The predicted octanol–water partition coefficient (Wildman–Crippen LogP) is 0.802. The maximum absolute atomic E-state index is 10.7. The molecule has 5 nitrogen and oxygen atoms in total. The maximum Gasteiger partial charge on any atom is 0.347 e. The summed E-state index contributed by atoms with van der Waals surface area (Å²) < 4.78 is 0. The van der Waals surface area contributed by atoms with Gasteiger partial charge in [-0.3, -0.25) is 0 Å². The zero-order chi connectivity index (χ0) is 10.8. The first-order chi connectivity index (χ1) is 7.16. The van der Waals surface area contributed by atoms with Crippen molar-refractivity contribution < 1.29 is 15.0 Å². The fourth-order valence-corrected chi connectivity index (χ4v) is 2.37. The third kappa shape index (κ3) is 2.27. The van der Waals surface area contributed by atoms with Gasteiger partial charge in [0.1, 0.15) is 4.88 Å². The molecule has 0 aliphatic carbocycles. The van der Waals surface area contributed by atoms with Gasteiger partial charge in [0.15, 0.2) is 5.13 Å². The molecule has 1 aromatic rings. The van der Waals surface area contributed by atoms with E-state index in [1.54, 1.807) is 0 Å². The van der Waals surface area contributed by atoms with Gasteiger partial charge in [-0.05, 0) is 12.8 Å². The lowest BCUT2D eigenvalue weighted by Gasteiger charge is -2.28. The SMILES string of the molecule is O=C(O)c1cnc(N2CCC(O)CC2)s1. The first kappa shape index (κ1) is 10.4. The van der Waals surface area contributed by atoms with Crippen molar-refractivity contribution in [3.63, 3.8) is 0 Å². The topological polar surface area (TPSA) is 73.7 Å². The number of aromatic nitrogens is 1. The van der Waals surface area contributed by atoms with Crippen LogP contribution >= 0.6 is 11.3 Å². The first-order valence-electron chi connectivity index (χ1n) is 4.79. The van der Waals surface area contributed by atoms with Gasteiger partial charge < -0.3 is 15.1 Å². The molecular formula is C9H12N2O3S. The lowest BCUT2D eigenvalue weighted by molar-refractivity contribution is 0.0702. The summed E-state index contributed by atoms with van der Waals surface area (Å²) in [6.45, 7) is 1.49. The molecule has 2 heterocycles. The molecule has 2 N–H and O–H groups in total. The lowest BCUT2D eigenvalue weighted by Crippen LogP contribution is -2.35. The first-order valence-corrected chi connectivity index (χ1v) is 5.60. The van der Waals surface area contributed by atoms with E-state index in [4.69, 9.17) is 5.11 Å². The molecule has 1 saturated heterocycles. The minimum absolute atomic E-state index is 0.222. The van der Waals surface area contributed by atoms with Gasteiger partial charge in [-0.15, -0.1) is 0 Å². The number of carboxylic acids is 1. The molecule has 6 heteroatoms. The molecule has 0 atom stereocenters. The number of thiazole rings is 1. The zero-order valence-corrected chi connectivity index (χ0v) is 8.90. The molecule has 0 bridgehead atoms. The van der Waals surface area contributed by atoms with E-state index in [-0.39, 0.29) is 11.0 Å². The molecule has 1 aliphatic heterocycles. The van der Waals surface area contributed by atoms with Crippen molar-refractivity contribution in [1.29, 1.82) is 0 Å². The molecule has 1 aromatic heterocycles. The number of carbonyl (C=O) groups is 1. The van der Waals surface area contributed by atoms with Crippen LogP contribution in [0.2, 0.25) is 0 Å². The number of piperidine rings is 1. The van der Waals surface area contributed by atoms with Crippen molar-refractivity contribution in [3.05, 3.63) is 11.1 Å². The van der Waals surface area contributed by atoms with Crippen molar-refractivity contribution >= 4 is 22.4 Å². The van der Waals surface area contributed by atoms with Gasteiger partial charge in [0, 0.05) is 13.1 Å². The fourth-order valence-electron chi connectivity index (χ4n) is 1.57. The number of aliphatic hydroxyl groups excluding tert-OH is 1. The minimum atomic E-state index is -0.934. The molecule has 0 saturated carbocycles. The molecule has 0 unspecified atom stereocenters. The second-order valence-electron chi connectivity index (χ2n) is 3.53. The van der Waals surface area contributed by atoms with Crippen LogP contribution in [-0.4, -0.2) is 40.4 Å². The van der Waals surface area contributed by atoms with E-state index in [9.17, 15) is 9.90 Å². The van der Waals surface area contributed by atoms with Crippen molar-refractivity contribution in [2.75, 3.05) is 18.0 Å². The average molecular weight is 228 g/mol. The number of aliphatic hydroxyl groups is 1. The summed E-state index contributed by atoms with van der Waals surface area (Å²) in [5.74, 6) is -0.934. The molecule has 0 amide bonds. The number of carboxylic acid groups (broad SMARTS) is 1. The Balaban J connectivity index is 2.06. The Bertz CT molecular complexity index is 358. The normalized spacial score (nSPS) is 18.1. The quantitative estimate of drug-likeness (QED) is 0.783. The second kappa shape index (κ2) is 4.16. The molecule has 82 valence electrons. The number of anilines is 1. The molecule has 0 radical (unpaired) electrons. The van der Waals surface area contributed by atoms with Gasteiger partial charge in [-0.1, -0.05) is 11.3 Å². The van der Waals surface area contributed by atoms with Crippen LogP contribution in [0.4, 0.5) is 5.13 Å². The molecule has 0 spiro atoms. The van der Waals surface area contributed by atoms with Crippen LogP contribution in [0.25, 0.3) is 0 Å². The predicted molar refractivity (Wildman–Crippen MR) is 56.5 cm³/mol. The van der Waals surface area contributed by atoms with Gasteiger partial charge in [0.05, 0.1) is 12.3 Å². The number of hydrogen-bond donors (Lipinski definition) is 2. The van der Waals surface area contributed by atoms with Crippen LogP contribution < -0.4 is 4.90 Å². The van der Waals surface area contributed by atoms with E-state index >= 15 is 0 Å². The standard InChI is InChI=1S/C9H12N2O3S/c12-6-1-3-11(4-2-6)9-10-5-7(15-9)8(13)14/h5-6,12H,1-4H2,(H,13,14). The Hall–Kier alpha value is -1.14. The van der Waals surface area contributed by atoms with Crippen LogP contribution in [0.5, 0.6) is 0 Å². The van der Waals surface area contributed by atoms with Crippen LogP contribution in [0.1, 0.15) is 22.5 Å². The smallest absolute Gasteiger partial charge is 0.347 e. The molecule has 0 aromatic carbocycles. The van der Waals surface area contributed by atoms with E-state index in [1.165, 1.54) is 17.5 Å². The van der Waals surface area contributed by atoms with Crippen molar-refractivity contribution in [2.45, 2.75) is 18.9 Å². The van der Waals surface area contributed by atoms with Crippen molar-refractivity contribution in [3.8, 4) is 0 Å². The van der Waals surface area contributed by atoms with Gasteiger partial charge in [0.2, 0.25) is 0 Å². The van der Waals surface area contributed by atoms with Gasteiger partial charge in [-0.2, -0.15) is 0 Å². The highest BCUT2D eigenvalue weighted by molar-refractivity contribution is 7.17. The molecule has 15 heavy (non-hydrogen) atoms. The zero-order valence-electron chi connectivity index (χ0n) is 8.09. The maximum atomic E-state index is 10.7. The number of aromatic carboxylic acids is 1. The summed E-state index contributed by atoms with van der Waals surface area (Å²) in [6.07, 6.45) is 2.61. The Morgan fingerprint density at radius 3 is 2.73 bits per heavy atom. The summed E-state index contributed by atoms with van der Waals surface area (Å²) >= 11 is 1.18. The summed E-state index contributed by atoms with van der Waals surface area (Å²) in [5.41, 5.74) is 0. The van der Waals surface area contributed by atoms with Crippen molar-refractivity contribution in [1.82, 2.24) is 4.98 Å². The largest absolute Gasteiger partial charge is 0.477 e. The van der Waals surface area contributed by atoms with Crippen LogP contribution in [0.15, 0.2) is 6.20 Å². The summed E-state index contributed by atoms with van der Waals surface area (Å²) in [4.78, 5) is 17.0. The number of rotatable bonds is 2. The highest BCUT2D eigenvalue weighted by Crippen LogP contribution is 2.25. The summed E-state index contributed by atoms with van der Waals surface area (Å²) in [6, 6.07) is 0. The highest BCUT2D eigenvalue weighted by atomic mass is 32.1. The van der Waals surface area contributed by atoms with E-state index in [2.05, 4.69) is 4.98 Å². The molecule has 1 aliphatic rings. The van der Waals surface area contributed by atoms with Crippen LogP contribution in [0, 0.1) is 0 Å². The third-order valence-corrected chi connectivity index (χ3v) is 3.49. The van der Waals surface area contributed by atoms with Gasteiger partial charge in [0.25, 0.3) is 0 Å². The Morgan fingerprint density at radius 2 is 2.20 bits per heavy atom. The van der Waals surface area contributed by atoms with E-state index in [0.717, 1.165) is 31.1 Å². The number of hydrogen-bond acceptors (Lipinski definition) is 5. The Kier molecular flexibility index (Phi) is 2.88. The van der Waals surface area contributed by atoms with Crippen molar-refractivity contribution in [2.24, 2.45) is 0 Å². The fraction of sp³-hybridized carbons (Fsp3) is 0.556. The van der Waals surface area contributed by atoms with Gasteiger partial charge in [-0.25, -0.2) is 9.78 Å². The molecule has 2 rings (SSSR count). The molecular weight excluding hydrogens is 216 g/mol. The third-order valence-electron chi connectivity index (χ3n) is 2.44. The van der Waals surface area contributed by atoms with Gasteiger partial charge >= 0.3 is 5.97 Å². The Morgan fingerprint density at radius 1 is 1.53 bits per heavy atom. The lowest BCUT2D eigenvalue weighted by atomic mass is 10.1. The van der Waals surface area contributed by atoms with Crippen LogP contribution in [0.3, 0.4) is 0 Å². The van der Waals surface area contributed by atoms with E-state index in [1.807, 2.05) is 4.90 Å². The van der Waals surface area contributed by atoms with E-state index in [0.29, 0.717) is 0 Å². The number of nitrogens with zero attached hydrogens (tertiary/aromatic N) is 2. The minimum Gasteiger partial charge on any atom is -0.477 e. The summed E-state index contributed by atoms with van der Waals surface area (Å²) in [7, 11) is 0. The molecule has 1 fully saturated rings. The monoisotopic (exact) mass is 228 g/mol.